The van der Waals surface area contributed by atoms with Gasteiger partial charge >= 0.3 is 6.01 Å². The van der Waals surface area contributed by atoms with Crippen molar-refractivity contribution in [1.29, 1.82) is 5.26 Å². The number of likely N-dealkylation sites (tertiary alicyclic amines) is 1. The van der Waals surface area contributed by atoms with Crippen LogP contribution < -0.4 is 15.4 Å². The van der Waals surface area contributed by atoms with Crippen molar-refractivity contribution in [2.24, 2.45) is 0 Å². The van der Waals surface area contributed by atoms with E-state index in [2.05, 4.69) is 57.1 Å². The molecule has 0 atom stereocenters. The number of anilines is 2. The summed E-state index contributed by atoms with van der Waals surface area (Å²) in [5.41, 5.74) is 10.1. The van der Waals surface area contributed by atoms with Crippen LogP contribution in [0, 0.1) is 11.3 Å². The zero-order valence-electron chi connectivity index (χ0n) is 27.6. The number of hydrogen-bond donors (Lipinski definition) is 1. The number of amides is 1. The van der Waals surface area contributed by atoms with E-state index >= 15 is 0 Å². The molecule has 0 saturated carbocycles. The molecular formula is C32H50FN9O2. The molecule has 1 amide bonds. The van der Waals surface area contributed by atoms with Crippen LogP contribution in [0.3, 0.4) is 0 Å². The Hall–Kier alpha value is -3.82. The van der Waals surface area contributed by atoms with E-state index in [0.29, 0.717) is 63.6 Å². The fourth-order valence-electron chi connectivity index (χ4n) is 5.31. The maximum atomic E-state index is 13.2. The number of halogens is 1. The monoisotopic (exact) mass is 611 g/mol. The third-order valence-corrected chi connectivity index (χ3v) is 7.44. The summed E-state index contributed by atoms with van der Waals surface area (Å²) >= 11 is 0. The molecule has 0 aromatic carbocycles. The molecule has 0 spiro atoms. The maximum absolute atomic E-state index is 13.2. The van der Waals surface area contributed by atoms with E-state index in [0.717, 1.165) is 22.8 Å². The molecule has 2 saturated heterocycles. The molecule has 2 aromatic rings. The number of hydrogen-bond acceptors (Lipinski definition) is 10. The molecule has 2 fully saturated rings. The van der Waals surface area contributed by atoms with Gasteiger partial charge in [-0.25, -0.2) is 9.37 Å². The lowest BCUT2D eigenvalue weighted by Gasteiger charge is -2.35. The molecule has 11 nitrogen and oxygen atoms in total. The van der Waals surface area contributed by atoms with Gasteiger partial charge < -0.3 is 25.2 Å². The Bertz CT molecular complexity index is 1270. The Labute approximate surface area is 262 Å². The van der Waals surface area contributed by atoms with Crippen molar-refractivity contribution < 1.29 is 13.9 Å². The lowest BCUT2D eigenvalue weighted by molar-refractivity contribution is -0.128. The molecule has 3 aliphatic rings. The van der Waals surface area contributed by atoms with Crippen LogP contribution in [0.4, 0.5) is 16.0 Å². The van der Waals surface area contributed by atoms with E-state index < -0.39 is 11.7 Å². The second-order valence-electron chi connectivity index (χ2n) is 10.9. The molecule has 2 N–H and O–H groups in total. The maximum Gasteiger partial charge on any atom is 0.318 e. The van der Waals surface area contributed by atoms with Gasteiger partial charge in [-0.2, -0.15) is 15.2 Å². The topological polar surface area (TPSA) is 128 Å². The Morgan fingerprint density at radius 3 is 2.20 bits per heavy atom. The van der Waals surface area contributed by atoms with Crippen LogP contribution in [0.1, 0.15) is 75.9 Å². The van der Waals surface area contributed by atoms with E-state index in [-0.39, 0.29) is 0 Å². The number of methoxy groups -OCH3 is 1. The average Bonchev–Trinajstić information content (AvgIpc) is 3.66. The Morgan fingerprint density at radius 1 is 1.09 bits per heavy atom. The van der Waals surface area contributed by atoms with E-state index in [1.807, 2.05) is 26.0 Å². The summed E-state index contributed by atoms with van der Waals surface area (Å²) in [5, 5.41) is 7.32. The molecule has 0 unspecified atom stereocenters. The fourth-order valence-corrected chi connectivity index (χ4v) is 5.31. The number of carbonyl (C=O) groups excluding carboxylic acids is 1. The zero-order valence-corrected chi connectivity index (χ0v) is 27.6. The van der Waals surface area contributed by atoms with Gasteiger partial charge in [-0.15, -0.1) is 0 Å². The number of nitriles is 1. The first-order valence-corrected chi connectivity index (χ1v) is 15.4. The van der Waals surface area contributed by atoms with Crippen molar-refractivity contribution in [3.8, 4) is 12.1 Å². The van der Waals surface area contributed by atoms with Crippen molar-refractivity contribution >= 4 is 17.5 Å². The van der Waals surface area contributed by atoms with E-state index in [9.17, 15) is 9.18 Å². The second-order valence-corrected chi connectivity index (χ2v) is 10.9. The van der Waals surface area contributed by atoms with Crippen molar-refractivity contribution in [3.05, 3.63) is 47.1 Å². The molecule has 5 heterocycles. The summed E-state index contributed by atoms with van der Waals surface area (Å²) in [4.78, 5) is 33.9. The third-order valence-electron chi connectivity index (χ3n) is 7.44. The summed E-state index contributed by atoms with van der Waals surface area (Å²) in [7, 11) is 3.72. The van der Waals surface area contributed by atoms with E-state index in [1.165, 1.54) is 43.3 Å². The normalized spacial score (nSPS) is 16.0. The van der Waals surface area contributed by atoms with Crippen molar-refractivity contribution in [2.45, 2.75) is 73.0 Å². The van der Waals surface area contributed by atoms with Crippen LogP contribution in [-0.4, -0.2) is 89.0 Å². The molecule has 12 heteroatoms. The van der Waals surface area contributed by atoms with Crippen molar-refractivity contribution in [3.63, 3.8) is 0 Å². The third kappa shape index (κ3) is 10.1. The SMILES string of the molecule is C=C(F)C(=O)N1CCN(c2nc(OC)nc3c2CN(Cc2nc(N)ccc2C(C)C)C3)CC1.CC.CC#N.CN1CCCC1. The van der Waals surface area contributed by atoms with Crippen molar-refractivity contribution in [1.82, 2.24) is 29.7 Å². The van der Waals surface area contributed by atoms with Gasteiger partial charge in [0, 0.05) is 58.3 Å². The Kier molecular flexibility index (Phi) is 15.0. The van der Waals surface area contributed by atoms with Crippen LogP contribution in [0.2, 0.25) is 0 Å². The highest BCUT2D eigenvalue weighted by molar-refractivity contribution is 5.90. The van der Waals surface area contributed by atoms with Crippen LogP contribution in [0.5, 0.6) is 6.01 Å². The number of pyridine rings is 1. The van der Waals surface area contributed by atoms with E-state index in [1.54, 1.807) is 13.2 Å². The highest BCUT2D eigenvalue weighted by Gasteiger charge is 2.31. The summed E-state index contributed by atoms with van der Waals surface area (Å²) in [6, 6.07) is 5.95. The van der Waals surface area contributed by atoms with Gasteiger partial charge in [0.1, 0.15) is 11.6 Å². The highest BCUT2D eigenvalue weighted by atomic mass is 19.1. The van der Waals surface area contributed by atoms with Gasteiger partial charge in [0.2, 0.25) is 0 Å². The average molecular weight is 612 g/mol. The summed E-state index contributed by atoms with van der Waals surface area (Å²) in [6.45, 7) is 19.3. The molecule has 5 rings (SSSR count). The molecule has 3 aliphatic heterocycles. The molecular weight excluding hydrogens is 561 g/mol. The number of fused-ring (bicyclic) bond motifs is 1. The largest absolute Gasteiger partial charge is 0.467 e. The number of piperazine rings is 1. The Morgan fingerprint density at radius 2 is 1.70 bits per heavy atom. The number of carbonyl (C=O) groups is 1. The number of rotatable bonds is 6. The van der Waals surface area contributed by atoms with Crippen LogP contribution in [0.25, 0.3) is 0 Å². The number of ether oxygens (including phenoxy) is 1. The van der Waals surface area contributed by atoms with Gasteiger partial charge in [-0.1, -0.05) is 40.3 Å². The van der Waals surface area contributed by atoms with Crippen molar-refractivity contribution in [2.75, 3.05) is 64.1 Å². The minimum atomic E-state index is -0.931. The smallest absolute Gasteiger partial charge is 0.318 e. The zero-order chi connectivity index (χ0) is 32.8. The lowest BCUT2D eigenvalue weighted by Crippen LogP contribution is -2.49. The van der Waals surface area contributed by atoms with E-state index in [4.69, 9.17) is 15.7 Å². The lowest BCUT2D eigenvalue weighted by atomic mass is 10.0. The molecule has 0 aliphatic carbocycles. The summed E-state index contributed by atoms with van der Waals surface area (Å²) in [5.74, 6) is 0.0706. The van der Waals surface area contributed by atoms with Gasteiger partial charge in [0.15, 0.2) is 5.83 Å². The van der Waals surface area contributed by atoms with Gasteiger partial charge in [0.05, 0.1) is 24.6 Å². The predicted molar refractivity (Wildman–Crippen MR) is 173 cm³/mol. The Balaban J connectivity index is 0.000000525. The number of nitrogens with two attached hydrogens (primary N) is 1. The van der Waals surface area contributed by atoms with Gasteiger partial charge in [-0.3, -0.25) is 9.69 Å². The molecule has 44 heavy (non-hydrogen) atoms. The first-order valence-electron chi connectivity index (χ1n) is 15.4. The number of nitrogens with zero attached hydrogens (tertiary/aromatic N) is 8. The molecule has 242 valence electrons. The summed E-state index contributed by atoms with van der Waals surface area (Å²) < 4.78 is 18.6. The van der Waals surface area contributed by atoms with Crippen LogP contribution >= 0.6 is 0 Å². The fraction of sp³-hybridized carbons (Fsp3) is 0.594. The minimum Gasteiger partial charge on any atom is -0.467 e. The van der Waals surface area contributed by atoms with Crippen LogP contribution in [-0.2, 0) is 24.4 Å². The first-order chi connectivity index (χ1) is 21.1. The van der Waals surface area contributed by atoms with Gasteiger partial charge in [-0.05, 0) is 50.5 Å². The minimum absolute atomic E-state index is 0.311. The predicted octanol–water partition coefficient (Wildman–Crippen LogP) is 4.50. The highest BCUT2D eigenvalue weighted by Crippen LogP contribution is 2.33. The first kappa shape index (κ1) is 36.4. The second kappa shape index (κ2) is 18.1. The molecule has 2 aromatic heterocycles. The molecule has 0 radical (unpaired) electrons. The standard InChI is InChI=1S/C23H30FN7O2.C5H11N.C2H3N.C2H6/c1-14(2)16-5-6-20(25)26-18(16)12-29-11-17-19(13-29)27-23(33-4)28-21(17)30-7-9-31(10-8-30)22(32)15(3)24;1-6-4-2-3-5-6;1-2-3;1-2/h5-6,14H,3,7-13H2,1-2,4H3,(H2,25,26);2-5H2,1H3;1H3;1-2H3. The number of nitrogen functional groups attached to an aromatic ring is 1. The quantitative estimate of drug-likeness (QED) is 0.466. The van der Waals surface area contributed by atoms with Crippen LogP contribution in [0.15, 0.2) is 24.5 Å². The summed E-state index contributed by atoms with van der Waals surface area (Å²) in [6.07, 6.45) is 2.83. The number of aromatic nitrogens is 3. The van der Waals surface area contributed by atoms with Gasteiger partial charge in [0.25, 0.3) is 5.91 Å². The molecule has 0 bridgehead atoms.